The van der Waals surface area contributed by atoms with Crippen molar-refractivity contribution in [1.29, 1.82) is 0 Å². The second-order valence-corrected chi connectivity index (χ2v) is 5.28. The molecular formula is C16H15F3N2S. The molecule has 2 rings (SSSR count). The first-order valence-corrected chi connectivity index (χ1v) is 7.03. The number of aryl methyl sites for hydroxylation is 1. The van der Waals surface area contributed by atoms with Crippen molar-refractivity contribution in [1.82, 2.24) is 5.32 Å². The maximum absolute atomic E-state index is 12.5. The van der Waals surface area contributed by atoms with Crippen molar-refractivity contribution in [2.75, 3.05) is 5.32 Å². The molecule has 0 saturated carbocycles. The zero-order chi connectivity index (χ0) is 16.2. The lowest BCUT2D eigenvalue weighted by Gasteiger charge is -2.12. The Morgan fingerprint density at radius 2 is 1.59 bits per heavy atom. The molecule has 0 aliphatic rings. The molecule has 2 aromatic carbocycles. The molecule has 0 atom stereocenters. The number of alkyl halides is 3. The third kappa shape index (κ3) is 4.73. The Kier molecular flexibility index (Phi) is 5.03. The van der Waals surface area contributed by atoms with Gasteiger partial charge in [-0.15, -0.1) is 0 Å². The highest BCUT2D eigenvalue weighted by Crippen LogP contribution is 2.29. The maximum Gasteiger partial charge on any atom is 0.416 e. The van der Waals surface area contributed by atoms with Gasteiger partial charge in [-0.3, -0.25) is 0 Å². The van der Waals surface area contributed by atoms with Gasteiger partial charge in [-0.25, -0.2) is 0 Å². The van der Waals surface area contributed by atoms with Gasteiger partial charge >= 0.3 is 6.18 Å². The van der Waals surface area contributed by atoms with Crippen molar-refractivity contribution in [3.63, 3.8) is 0 Å². The van der Waals surface area contributed by atoms with Crippen LogP contribution in [0.1, 0.15) is 16.7 Å². The Hall–Kier alpha value is -2.08. The summed E-state index contributed by atoms with van der Waals surface area (Å²) in [6.45, 7) is 2.56. The van der Waals surface area contributed by atoms with Gasteiger partial charge in [0, 0.05) is 12.2 Å². The van der Waals surface area contributed by atoms with Crippen LogP contribution in [0.25, 0.3) is 0 Å². The largest absolute Gasteiger partial charge is 0.416 e. The van der Waals surface area contributed by atoms with Gasteiger partial charge in [0.05, 0.1) is 5.56 Å². The molecule has 22 heavy (non-hydrogen) atoms. The van der Waals surface area contributed by atoms with Crippen LogP contribution in [-0.4, -0.2) is 5.11 Å². The predicted octanol–water partition coefficient (Wildman–Crippen LogP) is 4.50. The molecule has 0 aromatic heterocycles. The standard InChI is InChI=1S/C16H15F3N2S/c1-11-2-4-12(5-3-11)10-20-15(22)21-14-8-6-13(7-9-14)16(17,18)19/h2-9H,10H2,1H3,(H2,20,21,22). The summed E-state index contributed by atoms with van der Waals surface area (Å²) in [4.78, 5) is 0. The number of hydrogen-bond donors (Lipinski definition) is 2. The van der Waals surface area contributed by atoms with E-state index in [2.05, 4.69) is 10.6 Å². The molecule has 0 heterocycles. The highest BCUT2D eigenvalue weighted by atomic mass is 32.1. The summed E-state index contributed by atoms with van der Waals surface area (Å²) in [5.74, 6) is 0. The summed E-state index contributed by atoms with van der Waals surface area (Å²) < 4.78 is 37.4. The van der Waals surface area contributed by atoms with Gasteiger partial charge in [0.1, 0.15) is 0 Å². The van der Waals surface area contributed by atoms with Crippen LogP contribution >= 0.6 is 12.2 Å². The van der Waals surface area contributed by atoms with Gasteiger partial charge < -0.3 is 10.6 Å². The molecule has 2 aromatic rings. The number of nitrogens with one attached hydrogen (secondary N) is 2. The van der Waals surface area contributed by atoms with E-state index in [-0.39, 0.29) is 0 Å². The zero-order valence-electron chi connectivity index (χ0n) is 11.9. The molecule has 0 spiro atoms. The highest BCUT2D eigenvalue weighted by Gasteiger charge is 2.29. The average molecular weight is 324 g/mol. The number of benzene rings is 2. The van der Waals surface area contributed by atoms with Crippen LogP contribution < -0.4 is 10.6 Å². The summed E-state index contributed by atoms with van der Waals surface area (Å²) in [5, 5.41) is 6.23. The van der Waals surface area contributed by atoms with E-state index in [0.717, 1.165) is 17.7 Å². The Morgan fingerprint density at radius 1 is 1.00 bits per heavy atom. The van der Waals surface area contributed by atoms with E-state index in [0.29, 0.717) is 17.3 Å². The summed E-state index contributed by atoms with van der Waals surface area (Å²) in [6, 6.07) is 12.7. The van der Waals surface area contributed by atoms with E-state index < -0.39 is 11.7 Å². The lowest BCUT2D eigenvalue weighted by molar-refractivity contribution is -0.137. The second-order valence-electron chi connectivity index (χ2n) is 4.87. The van der Waals surface area contributed by atoms with Gasteiger partial charge in [0.15, 0.2) is 5.11 Å². The molecule has 6 heteroatoms. The Bertz CT molecular complexity index is 634. The lowest BCUT2D eigenvalue weighted by Crippen LogP contribution is -2.27. The number of hydrogen-bond acceptors (Lipinski definition) is 1. The van der Waals surface area contributed by atoms with Crippen LogP contribution in [-0.2, 0) is 12.7 Å². The van der Waals surface area contributed by atoms with Crippen molar-refractivity contribution < 1.29 is 13.2 Å². The number of rotatable bonds is 3. The van der Waals surface area contributed by atoms with Crippen LogP contribution in [0.5, 0.6) is 0 Å². The molecule has 0 aliphatic carbocycles. The van der Waals surface area contributed by atoms with E-state index in [1.165, 1.54) is 17.7 Å². The second kappa shape index (κ2) is 6.79. The van der Waals surface area contributed by atoms with E-state index in [9.17, 15) is 13.2 Å². The third-order valence-electron chi connectivity index (χ3n) is 3.04. The first kappa shape index (κ1) is 16.3. The van der Waals surface area contributed by atoms with Crippen LogP contribution in [0.15, 0.2) is 48.5 Å². The Morgan fingerprint density at radius 3 is 2.14 bits per heavy atom. The molecule has 0 amide bonds. The lowest BCUT2D eigenvalue weighted by atomic mass is 10.1. The van der Waals surface area contributed by atoms with E-state index >= 15 is 0 Å². The molecule has 0 saturated heterocycles. The molecule has 0 aliphatic heterocycles. The van der Waals surface area contributed by atoms with Crippen LogP contribution in [0, 0.1) is 6.92 Å². The fourth-order valence-corrected chi connectivity index (χ4v) is 2.00. The van der Waals surface area contributed by atoms with E-state index in [4.69, 9.17) is 12.2 Å². The molecule has 116 valence electrons. The SMILES string of the molecule is Cc1ccc(CNC(=S)Nc2ccc(C(F)(F)F)cc2)cc1. The van der Waals surface area contributed by atoms with Gasteiger partial charge in [0.25, 0.3) is 0 Å². The van der Waals surface area contributed by atoms with Crippen molar-refractivity contribution in [2.45, 2.75) is 19.6 Å². The van der Waals surface area contributed by atoms with Gasteiger partial charge in [-0.1, -0.05) is 29.8 Å². The fourth-order valence-electron chi connectivity index (χ4n) is 1.81. The minimum atomic E-state index is -4.33. The molecule has 0 unspecified atom stereocenters. The molecule has 0 fully saturated rings. The quantitative estimate of drug-likeness (QED) is 0.813. The first-order chi connectivity index (χ1) is 10.3. The third-order valence-corrected chi connectivity index (χ3v) is 3.29. The molecule has 2 nitrogen and oxygen atoms in total. The topological polar surface area (TPSA) is 24.1 Å². The molecule has 2 N–H and O–H groups in total. The summed E-state index contributed by atoms with van der Waals surface area (Å²) in [7, 11) is 0. The summed E-state index contributed by atoms with van der Waals surface area (Å²) in [6.07, 6.45) is -4.33. The first-order valence-electron chi connectivity index (χ1n) is 6.62. The van der Waals surface area contributed by atoms with Gasteiger partial charge in [-0.05, 0) is 49.0 Å². The molecule has 0 radical (unpaired) electrons. The number of halogens is 3. The van der Waals surface area contributed by atoms with Gasteiger partial charge in [0.2, 0.25) is 0 Å². The number of thiocarbonyl (C=S) groups is 1. The Labute approximate surface area is 132 Å². The maximum atomic E-state index is 12.5. The predicted molar refractivity (Wildman–Crippen MR) is 85.7 cm³/mol. The smallest absolute Gasteiger partial charge is 0.358 e. The summed E-state index contributed by atoms with van der Waals surface area (Å²) >= 11 is 5.12. The van der Waals surface area contributed by atoms with Crippen molar-refractivity contribution >= 4 is 23.0 Å². The summed E-state index contributed by atoms with van der Waals surface area (Å²) in [5.41, 5.74) is 2.07. The minimum absolute atomic E-state index is 0.361. The van der Waals surface area contributed by atoms with Crippen LogP contribution in [0.4, 0.5) is 18.9 Å². The van der Waals surface area contributed by atoms with Crippen molar-refractivity contribution in [3.8, 4) is 0 Å². The zero-order valence-corrected chi connectivity index (χ0v) is 12.7. The van der Waals surface area contributed by atoms with Crippen molar-refractivity contribution in [3.05, 3.63) is 65.2 Å². The fraction of sp³-hybridized carbons (Fsp3) is 0.188. The molecular weight excluding hydrogens is 309 g/mol. The van der Waals surface area contributed by atoms with Crippen LogP contribution in [0.3, 0.4) is 0 Å². The monoisotopic (exact) mass is 324 g/mol. The number of anilines is 1. The average Bonchev–Trinajstić information content (AvgIpc) is 2.46. The van der Waals surface area contributed by atoms with E-state index in [1.807, 2.05) is 31.2 Å². The van der Waals surface area contributed by atoms with Gasteiger partial charge in [-0.2, -0.15) is 13.2 Å². The minimum Gasteiger partial charge on any atom is -0.358 e. The van der Waals surface area contributed by atoms with Crippen LogP contribution in [0.2, 0.25) is 0 Å². The normalized spacial score (nSPS) is 11.1. The Balaban J connectivity index is 1.88. The van der Waals surface area contributed by atoms with Crippen molar-refractivity contribution in [2.24, 2.45) is 0 Å². The molecule has 0 bridgehead atoms. The van der Waals surface area contributed by atoms with E-state index in [1.54, 1.807) is 0 Å². The highest BCUT2D eigenvalue weighted by molar-refractivity contribution is 7.80.